The molecule has 29 heavy (non-hydrogen) atoms. The third kappa shape index (κ3) is 4.60. The van der Waals surface area contributed by atoms with Gasteiger partial charge in [0.05, 0.1) is 13.2 Å². The highest BCUT2D eigenvalue weighted by atomic mass is 32.1. The maximum Gasteiger partial charge on any atom is 0.273 e. The van der Waals surface area contributed by atoms with Crippen molar-refractivity contribution in [1.29, 1.82) is 0 Å². The van der Waals surface area contributed by atoms with Crippen LogP contribution in [0.2, 0.25) is 0 Å². The van der Waals surface area contributed by atoms with E-state index in [1.165, 1.54) is 29.5 Å². The molecule has 0 aliphatic carbocycles. The summed E-state index contributed by atoms with van der Waals surface area (Å²) in [6.45, 7) is 2.28. The topological polar surface area (TPSA) is 51.7 Å². The zero-order valence-corrected chi connectivity index (χ0v) is 16.3. The quantitative estimate of drug-likeness (QED) is 0.627. The number of rotatable bonds is 5. The lowest BCUT2D eigenvalue weighted by atomic mass is 10.2. The standard InChI is InChI=1S/C21H18F2N2O3S/c22-15-3-1-14(2-4-15)12-28-16-5-6-17(18(23)11-16)20-24-19(13-29-20)21(26)25-7-9-27-10-8-25/h1-6,11,13H,7-10,12H2. The number of ether oxygens (including phenoxy) is 2. The van der Waals surface area contributed by atoms with E-state index in [4.69, 9.17) is 9.47 Å². The molecule has 0 spiro atoms. The zero-order valence-electron chi connectivity index (χ0n) is 15.4. The lowest BCUT2D eigenvalue weighted by Crippen LogP contribution is -2.40. The Bertz CT molecular complexity index is 1000. The van der Waals surface area contributed by atoms with Gasteiger partial charge in [-0.05, 0) is 29.8 Å². The normalized spacial score (nSPS) is 14.1. The minimum Gasteiger partial charge on any atom is -0.489 e. The summed E-state index contributed by atoms with van der Waals surface area (Å²) in [7, 11) is 0. The molecule has 5 nitrogen and oxygen atoms in total. The van der Waals surface area contributed by atoms with Gasteiger partial charge in [-0.3, -0.25) is 4.79 Å². The van der Waals surface area contributed by atoms with Gasteiger partial charge in [0, 0.05) is 30.1 Å². The molecule has 4 rings (SSSR count). The monoisotopic (exact) mass is 416 g/mol. The molecule has 0 saturated carbocycles. The molecule has 2 aromatic carbocycles. The first-order chi connectivity index (χ1) is 14.1. The van der Waals surface area contributed by atoms with Crippen LogP contribution in [0.25, 0.3) is 10.6 Å². The van der Waals surface area contributed by atoms with E-state index < -0.39 is 5.82 Å². The SMILES string of the molecule is O=C(c1csc(-c2ccc(OCc3ccc(F)cc3)cc2F)n1)N1CCOCC1. The molecule has 8 heteroatoms. The summed E-state index contributed by atoms with van der Waals surface area (Å²) in [6.07, 6.45) is 0. The van der Waals surface area contributed by atoms with E-state index in [1.807, 2.05) is 0 Å². The largest absolute Gasteiger partial charge is 0.489 e. The number of benzene rings is 2. The maximum atomic E-state index is 14.6. The number of morpholine rings is 1. The molecule has 150 valence electrons. The molecule has 1 amide bonds. The summed E-state index contributed by atoms with van der Waals surface area (Å²) >= 11 is 1.22. The van der Waals surface area contributed by atoms with Crippen molar-refractivity contribution in [2.45, 2.75) is 6.61 Å². The van der Waals surface area contributed by atoms with Crippen LogP contribution in [0.4, 0.5) is 8.78 Å². The number of amides is 1. The van der Waals surface area contributed by atoms with Crippen molar-refractivity contribution >= 4 is 17.2 Å². The number of halogens is 2. The van der Waals surface area contributed by atoms with Gasteiger partial charge in [-0.2, -0.15) is 0 Å². The Morgan fingerprint density at radius 1 is 1.14 bits per heavy atom. The van der Waals surface area contributed by atoms with Crippen LogP contribution in [-0.2, 0) is 11.3 Å². The molecule has 0 unspecified atom stereocenters. The molecule has 2 heterocycles. The predicted octanol–water partition coefficient (Wildman–Crippen LogP) is 4.14. The van der Waals surface area contributed by atoms with E-state index in [2.05, 4.69) is 4.98 Å². The minimum absolute atomic E-state index is 0.171. The summed E-state index contributed by atoms with van der Waals surface area (Å²) in [4.78, 5) is 18.5. The highest BCUT2D eigenvalue weighted by Crippen LogP contribution is 2.29. The van der Waals surface area contributed by atoms with Crippen molar-refractivity contribution in [2.75, 3.05) is 26.3 Å². The second-order valence-corrected chi connectivity index (χ2v) is 7.36. The lowest BCUT2D eigenvalue weighted by molar-refractivity contribution is 0.0299. The molecular formula is C21H18F2N2O3S. The van der Waals surface area contributed by atoms with Gasteiger partial charge in [-0.1, -0.05) is 12.1 Å². The van der Waals surface area contributed by atoms with Crippen molar-refractivity contribution in [3.8, 4) is 16.3 Å². The highest BCUT2D eigenvalue weighted by molar-refractivity contribution is 7.13. The number of carbonyl (C=O) groups excluding carboxylic acids is 1. The Kier molecular flexibility index (Phi) is 5.82. The van der Waals surface area contributed by atoms with E-state index in [0.717, 1.165) is 5.56 Å². The molecule has 1 fully saturated rings. The first kappa shape index (κ1) is 19.5. The first-order valence-corrected chi connectivity index (χ1v) is 9.98. The van der Waals surface area contributed by atoms with Gasteiger partial charge in [-0.15, -0.1) is 11.3 Å². The van der Waals surface area contributed by atoms with Crippen LogP contribution < -0.4 is 4.74 Å². The van der Waals surface area contributed by atoms with Crippen molar-refractivity contribution in [1.82, 2.24) is 9.88 Å². The average molecular weight is 416 g/mol. The number of hydrogen-bond acceptors (Lipinski definition) is 5. The molecule has 1 aliphatic heterocycles. The van der Waals surface area contributed by atoms with E-state index >= 15 is 0 Å². The summed E-state index contributed by atoms with van der Waals surface area (Å²) in [5.74, 6) is -0.618. The van der Waals surface area contributed by atoms with E-state index in [0.29, 0.717) is 48.3 Å². The smallest absolute Gasteiger partial charge is 0.273 e. The van der Waals surface area contributed by atoms with Gasteiger partial charge in [0.25, 0.3) is 5.91 Å². The third-order valence-electron chi connectivity index (χ3n) is 4.51. The van der Waals surface area contributed by atoms with Gasteiger partial charge in [-0.25, -0.2) is 13.8 Å². The van der Waals surface area contributed by atoms with Gasteiger partial charge in [0.2, 0.25) is 0 Å². The summed E-state index contributed by atoms with van der Waals surface area (Å²) in [6, 6.07) is 10.4. The highest BCUT2D eigenvalue weighted by Gasteiger charge is 2.22. The fourth-order valence-corrected chi connectivity index (χ4v) is 3.75. The third-order valence-corrected chi connectivity index (χ3v) is 5.39. The Hall–Kier alpha value is -2.84. The van der Waals surface area contributed by atoms with Crippen LogP contribution in [0.3, 0.4) is 0 Å². The van der Waals surface area contributed by atoms with Crippen LogP contribution in [0, 0.1) is 11.6 Å². The molecule has 0 bridgehead atoms. The zero-order chi connectivity index (χ0) is 20.2. The van der Waals surface area contributed by atoms with Gasteiger partial charge in [0.15, 0.2) is 0 Å². The van der Waals surface area contributed by atoms with Crippen LogP contribution >= 0.6 is 11.3 Å². The number of aromatic nitrogens is 1. The predicted molar refractivity (Wildman–Crippen MR) is 105 cm³/mol. The lowest BCUT2D eigenvalue weighted by Gasteiger charge is -2.25. The molecule has 1 aromatic heterocycles. The van der Waals surface area contributed by atoms with Crippen molar-refractivity contribution in [2.24, 2.45) is 0 Å². The van der Waals surface area contributed by atoms with Crippen LogP contribution in [0.5, 0.6) is 5.75 Å². The molecule has 0 N–H and O–H groups in total. The minimum atomic E-state index is -0.485. The molecule has 1 saturated heterocycles. The fraction of sp³-hybridized carbons (Fsp3) is 0.238. The van der Waals surface area contributed by atoms with Crippen molar-refractivity contribution in [3.05, 3.63) is 70.7 Å². The number of hydrogen-bond donors (Lipinski definition) is 0. The Balaban J connectivity index is 1.44. The number of nitrogens with zero attached hydrogens (tertiary/aromatic N) is 2. The van der Waals surface area contributed by atoms with Gasteiger partial charge < -0.3 is 14.4 Å². The second-order valence-electron chi connectivity index (χ2n) is 6.50. The Morgan fingerprint density at radius 3 is 2.62 bits per heavy atom. The Labute approximate surface area is 170 Å². The van der Waals surface area contributed by atoms with Crippen LogP contribution in [0.15, 0.2) is 47.8 Å². The van der Waals surface area contributed by atoms with Gasteiger partial charge >= 0.3 is 0 Å². The van der Waals surface area contributed by atoms with Gasteiger partial charge in [0.1, 0.15) is 34.7 Å². The molecule has 3 aromatic rings. The Morgan fingerprint density at radius 2 is 1.90 bits per heavy atom. The summed E-state index contributed by atoms with van der Waals surface area (Å²) < 4.78 is 38.4. The summed E-state index contributed by atoms with van der Waals surface area (Å²) in [5.41, 5.74) is 1.40. The van der Waals surface area contributed by atoms with E-state index in [9.17, 15) is 13.6 Å². The number of thiazole rings is 1. The number of carbonyl (C=O) groups is 1. The fourth-order valence-electron chi connectivity index (χ4n) is 2.93. The van der Waals surface area contributed by atoms with E-state index in [-0.39, 0.29) is 18.3 Å². The van der Waals surface area contributed by atoms with Crippen LogP contribution in [-0.4, -0.2) is 42.1 Å². The van der Waals surface area contributed by atoms with E-state index in [1.54, 1.807) is 34.5 Å². The summed E-state index contributed by atoms with van der Waals surface area (Å²) in [5, 5.41) is 2.08. The maximum absolute atomic E-state index is 14.6. The van der Waals surface area contributed by atoms with Crippen molar-refractivity contribution < 1.29 is 23.0 Å². The average Bonchev–Trinajstić information content (AvgIpc) is 3.23. The molecule has 1 aliphatic rings. The van der Waals surface area contributed by atoms with Crippen LogP contribution in [0.1, 0.15) is 16.1 Å². The second kappa shape index (κ2) is 8.67. The van der Waals surface area contributed by atoms with Crippen molar-refractivity contribution in [3.63, 3.8) is 0 Å². The molecule has 0 atom stereocenters. The molecule has 0 radical (unpaired) electrons. The molecular weight excluding hydrogens is 398 g/mol. The first-order valence-electron chi connectivity index (χ1n) is 9.10.